The third kappa shape index (κ3) is 1.79. The zero-order valence-corrected chi connectivity index (χ0v) is 8.63. The van der Waals surface area contributed by atoms with Gasteiger partial charge in [-0.05, 0) is 31.9 Å². The molecular weight excluding hydrogens is 174 g/mol. The van der Waals surface area contributed by atoms with E-state index in [0.29, 0.717) is 12.5 Å². The largest absolute Gasteiger partial charge is 0.381 e. The molecular formula is C12H15NO. The van der Waals surface area contributed by atoms with Gasteiger partial charge in [0.15, 0.2) is 0 Å². The van der Waals surface area contributed by atoms with Crippen LogP contribution in [0.1, 0.15) is 24.5 Å². The van der Waals surface area contributed by atoms with Crippen LogP contribution < -0.4 is 5.32 Å². The van der Waals surface area contributed by atoms with Gasteiger partial charge in [-0.25, -0.2) is 0 Å². The summed E-state index contributed by atoms with van der Waals surface area (Å²) in [6, 6.07) is 6.71. The van der Waals surface area contributed by atoms with E-state index in [2.05, 4.69) is 30.4 Å². The van der Waals surface area contributed by atoms with Crippen molar-refractivity contribution >= 4 is 11.5 Å². The number of hydrogen-bond donors (Lipinski definition) is 1. The summed E-state index contributed by atoms with van der Waals surface area (Å²) in [5, 5.41) is 3.37. The van der Waals surface area contributed by atoms with Crippen molar-refractivity contribution in [2.24, 2.45) is 0 Å². The Morgan fingerprint density at radius 3 is 3.07 bits per heavy atom. The van der Waals surface area contributed by atoms with Crippen LogP contribution in [0, 0.1) is 6.92 Å². The van der Waals surface area contributed by atoms with Gasteiger partial charge in [-0.1, -0.05) is 17.7 Å². The molecule has 1 aromatic rings. The van der Waals surface area contributed by atoms with Crippen molar-refractivity contribution in [1.29, 1.82) is 0 Å². The number of Topliss-reactive ketones (excluding diaryl/α,β-unsaturated/α-hetero) is 1. The first-order chi connectivity index (χ1) is 6.65. The van der Waals surface area contributed by atoms with E-state index in [0.717, 1.165) is 6.42 Å². The van der Waals surface area contributed by atoms with Crippen LogP contribution >= 0.6 is 0 Å². The molecule has 0 aromatic heterocycles. The van der Waals surface area contributed by atoms with Gasteiger partial charge in [-0.3, -0.25) is 4.79 Å². The summed E-state index contributed by atoms with van der Waals surface area (Å²) < 4.78 is 0. The Morgan fingerprint density at radius 1 is 1.57 bits per heavy atom. The SMILES string of the molecule is CC(=O)CC1Cc2cc(C)ccc2N1. The lowest BCUT2D eigenvalue weighted by molar-refractivity contribution is -0.117. The van der Waals surface area contributed by atoms with E-state index in [1.54, 1.807) is 6.92 Å². The Bertz CT molecular complexity index is 371. The molecule has 1 aliphatic rings. The molecule has 0 spiro atoms. The normalized spacial score (nSPS) is 18.9. The molecule has 0 aliphatic carbocycles. The minimum atomic E-state index is 0.257. The standard InChI is InChI=1S/C12H15NO/c1-8-3-4-12-10(5-8)7-11(13-12)6-9(2)14/h3-5,11,13H,6-7H2,1-2H3. The number of carbonyl (C=O) groups excluding carboxylic acids is 1. The molecule has 0 saturated carbocycles. The van der Waals surface area contributed by atoms with Crippen molar-refractivity contribution in [2.75, 3.05) is 5.32 Å². The van der Waals surface area contributed by atoms with Crippen LogP contribution in [0.5, 0.6) is 0 Å². The molecule has 2 nitrogen and oxygen atoms in total. The molecule has 1 heterocycles. The number of fused-ring (bicyclic) bond motifs is 1. The third-order valence-electron chi connectivity index (χ3n) is 2.62. The molecule has 0 saturated heterocycles. The van der Waals surface area contributed by atoms with E-state index < -0.39 is 0 Å². The van der Waals surface area contributed by atoms with E-state index in [9.17, 15) is 4.79 Å². The maximum absolute atomic E-state index is 11.0. The van der Waals surface area contributed by atoms with Crippen molar-refractivity contribution in [2.45, 2.75) is 32.7 Å². The molecule has 0 amide bonds. The molecule has 1 aliphatic heterocycles. The smallest absolute Gasteiger partial charge is 0.131 e. The van der Waals surface area contributed by atoms with Gasteiger partial charge < -0.3 is 5.32 Å². The zero-order valence-electron chi connectivity index (χ0n) is 8.63. The van der Waals surface area contributed by atoms with Crippen molar-refractivity contribution < 1.29 is 4.79 Å². The van der Waals surface area contributed by atoms with Crippen LogP contribution in [0.4, 0.5) is 5.69 Å². The number of nitrogens with one attached hydrogen (secondary N) is 1. The van der Waals surface area contributed by atoms with Crippen molar-refractivity contribution in [1.82, 2.24) is 0 Å². The second-order valence-corrected chi connectivity index (χ2v) is 4.11. The highest BCUT2D eigenvalue weighted by molar-refractivity contribution is 5.77. The maximum atomic E-state index is 11.0. The zero-order chi connectivity index (χ0) is 10.1. The highest BCUT2D eigenvalue weighted by Gasteiger charge is 2.21. The van der Waals surface area contributed by atoms with E-state index in [1.165, 1.54) is 16.8 Å². The van der Waals surface area contributed by atoms with Gasteiger partial charge in [0.25, 0.3) is 0 Å². The Balaban J connectivity index is 2.14. The van der Waals surface area contributed by atoms with E-state index in [4.69, 9.17) is 0 Å². The third-order valence-corrected chi connectivity index (χ3v) is 2.62. The van der Waals surface area contributed by atoms with E-state index in [-0.39, 0.29) is 5.78 Å². The lowest BCUT2D eigenvalue weighted by Gasteiger charge is -2.07. The second kappa shape index (κ2) is 3.45. The molecule has 1 atom stereocenters. The van der Waals surface area contributed by atoms with Crippen LogP contribution in [-0.4, -0.2) is 11.8 Å². The molecule has 0 bridgehead atoms. The quantitative estimate of drug-likeness (QED) is 0.773. The molecule has 1 N–H and O–H groups in total. The van der Waals surface area contributed by atoms with Gasteiger partial charge in [0.2, 0.25) is 0 Å². The molecule has 0 radical (unpaired) electrons. The number of hydrogen-bond acceptors (Lipinski definition) is 2. The Kier molecular flexibility index (Phi) is 2.28. The Morgan fingerprint density at radius 2 is 2.36 bits per heavy atom. The van der Waals surface area contributed by atoms with Crippen molar-refractivity contribution in [3.05, 3.63) is 29.3 Å². The summed E-state index contributed by atoms with van der Waals surface area (Å²) in [6.07, 6.45) is 1.62. The Hall–Kier alpha value is -1.31. The minimum Gasteiger partial charge on any atom is -0.381 e. The van der Waals surface area contributed by atoms with E-state index >= 15 is 0 Å². The molecule has 14 heavy (non-hydrogen) atoms. The van der Waals surface area contributed by atoms with E-state index in [1.807, 2.05) is 0 Å². The van der Waals surface area contributed by atoms with Crippen LogP contribution in [0.2, 0.25) is 0 Å². The second-order valence-electron chi connectivity index (χ2n) is 4.11. The summed E-state index contributed by atoms with van der Waals surface area (Å²) in [5.41, 5.74) is 3.83. The fourth-order valence-electron chi connectivity index (χ4n) is 2.04. The van der Waals surface area contributed by atoms with Crippen LogP contribution in [-0.2, 0) is 11.2 Å². The first-order valence-corrected chi connectivity index (χ1v) is 5.00. The van der Waals surface area contributed by atoms with Crippen molar-refractivity contribution in [3.63, 3.8) is 0 Å². The van der Waals surface area contributed by atoms with Gasteiger partial charge in [0.1, 0.15) is 5.78 Å². The topological polar surface area (TPSA) is 29.1 Å². The minimum absolute atomic E-state index is 0.257. The monoisotopic (exact) mass is 189 g/mol. The summed E-state index contributed by atoms with van der Waals surface area (Å²) in [6.45, 7) is 3.74. The number of anilines is 1. The molecule has 2 rings (SSSR count). The number of benzene rings is 1. The first-order valence-electron chi connectivity index (χ1n) is 5.00. The van der Waals surface area contributed by atoms with Crippen LogP contribution in [0.3, 0.4) is 0 Å². The summed E-state index contributed by atoms with van der Waals surface area (Å²) in [5.74, 6) is 0.257. The fraction of sp³-hybridized carbons (Fsp3) is 0.417. The fourth-order valence-corrected chi connectivity index (χ4v) is 2.04. The molecule has 1 unspecified atom stereocenters. The van der Waals surface area contributed by atoms with Crippen molar-refractivity contribution in [3.8, 4) is 0 Å². The average Bonchev–Trinajstić information content (AvgIpc) is 2.44. The summed E-state index contributed by atoms with van der Waals surface area (Å²) in [7, 11) is 0. The summed E-state index contributed by atoms with van der Waals surface area (Å²) >= 11 is 0. The lowest BCUT2D eigenvalue weighted by Crippen LogP contribution is -2.18. The van der Waals surface area contributed by atoms with Crippen LogP contribution in [0.25, 0.3) is 0 Å². The Labute approximate surface area is 84.3 Å². The van der Waals surface area contributed by atoms with Gasteiger partial charge in [-0.2, -0.15) is 0 Å². The predicted octanol–water partition coefficient (Wildman–Crippen LogP) is 2.31. The van der Waals surface area contributed by atoms with Gasteiger partial charge in [0.05, 0.1) is 0 Å². The highest BCUT2D eigenvalue weighted by atomic mass is 16.1. The maximum Gasteiger partial charge on any atom is 0.131 e. The first kappa shape index (κ1) is 9.25. The molecule has 1 aromatic carbocycles. The number of rotatable bonds is 2. The summed E-state index contributed by atoms with van der Waals surface area (Å²) in [4.78, 5) is 11.0. The number of carbonyl (C=O) groups is 1. The lowest BCUT2D eigenvalue weighted by atomic mass is 10.0. The van der Waals surface area contributed by atoms with Gasteiger partial charge in [0, 0.05) is 18.2 Å². The molecule has 2 heteroatoms. The highest BCUT2D eigenvalue weighted by Crippen LogP contribution is 2.27. The van der Waals surface area contributed by atoms with Gasteiger partial charge >= 0.3 is 0 Å². The predicted molar refractivity (Wildman–Crippen MR) is 57.6 cm³/mol. The molecule has 0 fully saturated rings. The number of aryl methyl sites for hydroxylation is 1. The average molecular weight is 189 g/mol. The van der Waals surface area contributed by atoms with Crippen LogP contribution in [0.15, 0.2) is 18.2 Å². The number of ketones is 1. The molecule has 74 valence electrons. The van der Waals surface area contributed by atoms with Gasteiger partial charge in [-0.15, -0.1) is 0 Å².